The standard InChI is InChI=1S/C22H28N2/c1-5-15-23(16-6-1)20-13-11-19(12-14-20)21-9-3-4-10-22(21)24-17-7-2-8-18-24/h3-4,9-14H,1-2,5-8,15-18H2. The molecule has 0 atom stereocenters. The van der Waals surface area contributed by atoms with E-state index in [0.29, 0.717) is 0 Å². The molecule has 2 aromatic rings. The molecule has 2 nitrogen and oxygen atoms in total. The van der Waals surface area contributed by atoms with Crippen molar-refractivity contribution in [3.63, 3.8) is 0 Å². The molecular formula is C22H28N2. The van der Waals surface area contributed by atoms with E-state index in [0.717, 1.165) is 0 Å². The Labute approximate surface area is 146 Å². The quantitative estimate of drug-likeness (QED) is 0.754. The summed E-state index contributed by atoms with van der Waals surface area (Å²) in [5.74, 6) is 0. The maximum absolute atomic E-state index is 2.57. The summed E-state index contributed by atoms with van der Waals surface area (Å²) in [4.78, 5) is 5.10. The number of hydrogen-bond acceptors (Lipinski definition) is 2. The molecule has 2 saturated heterocycles. The van der Waals surface area contributed by atoms with Crippen LogP contribution >= 0.6 is 0 Å². The van der Waals surface area contributed by atoms with Gasteiger partial charge in [0.1, 0.15) is 0 Å². The summed E-state index contributed by atoms with van der Waals surface area (Å²) in [5, 5.41) is 0. The molecule has 0 unspecified atom stereocenters. The Hall–Kier alpha value is -1.96. The van der Waals surface area contributed by atoms with Gasteiger partial charge in [0.15, 0.2) is 0 Å². The van der Waals surface area contributed by atoms with Crippen LogP contribution in [-0.4, -0.2) is 26.2 Å². The minimum atomic E-state index is 1.20. The highest BCUT2D eigenvalue weighted by atomic mass is 15.1. The Morgan fingerprint density at radius 3 is 1.79 bits per heavy atom. The van der Waals surface area contributed by atoms with Gasteiger partial charge in [-0.25, -0.2) is 0 Å². The molecule has 2 aliphatic rings. The molecule has 24 heavy (non-hydrogen) atoms. The van der Waals surface area contributed by atoms with Gasteiger partial charge in [-0.1, -0.05) is 30.3 Å². The second-order valence-corrected chi connectivity index (χ2v) is 7.16. The van der Waals surface area contributed by atoms with Gasteiger partial charge in [-0.2, -0.15) is 0 Å². The molecule has 2 heterocycles. The second kappa shape index (κ2) is 7.29. The van der Waals surface area contributed by atoms with Crippen LogP contribution in [0, 0.1) is 0 Å². The molecule has 2 fully saturated rings. The smallest absolute Gasteiger partial charge is 0.0445 e. The molecule has 4 rings (SSSR count). The zero-order valence-electron chi connectivity index (χ0n) is 14.6. The van der Waals surface area contributed by atoms with Crippen LogP contribution < -0.4 is 9.80 Å². The van der Waals surface area contributed by atoms with Gasteiger partial charge in [-0.15, -0.1) is 0 Å². The zero-order valence-corrected chi connectivity index (χ0v) is 14.6. The van der Waals surface area contributed by atoms with Crippen molar-refractivity contribution in [1.29, 1.82) is 0 Å². The van der Waals surface area contributed by atoms with Crippen LogP contribution in [0.1, 0.15) is 38.5 Å². The van der Waals surface area contributed by atoms with E-state index in [1.54, 1.807) is 0 Å². The molecule has 0 amide bonds. The third kappa shape index (κ3) is 3.28. The van der Waals surface area contributed by atoms with Gasteiger partial charge >= 0.3 is 0 Å². The number of para-hydroxylation sites is 1. The lowest BCUT2D eigenvalue weighted by Crippen LogP contribution is -2.29. The topological polar surface area (TPSA) is 6.48 Å². The Kier molecular flexibility index (Phi) is 4.73. The lowest BCUT2D eigenvalue weighted by atomic mass is 10.0. The minimum Gasteiger partial charge on any atom is -0.372 e. The van der Waals surface area contributed by atoms with Crippen LogP contribution in [0.3, 0.4) is 0 Å². The lowest BCUT2D eigenvalue weighted by molar-refractivity contribution is 0.578. The van der Waals surface area contributed by atoms with E-state index in [-0.39, 0.29) is 0 Å². The number of hydrogen-bond donors (Lipinski definition) is 0. The van der Waals surface area contributed by atoms with Crippen molar-refractivity contribution in [1.82, 2.24) is 0 Å². The molecule has 2 aromatic carbocycles. The molecule has 126 valence electrons. The molecular weight excluding hydrogens is 292 g/mol. The normalized spacial score (nSPS) is 18.7. The molecule has 0 saturated carbocycles. The fraction of sp³-hybridized carbons (Fsp3) is 0.455. The van der Waals surface area contributed by atoms with E-state index in [9.17, 15) is 0 Å². The maximum atomic E-state index is 2.57. The largest absolute Gasteiger partial charge is 0.372 e. The summed E-state index contributed by atoms with van der Waals surface area (Å²) >= 11 is 0. The molecule has 2 heteroatoms. The van der Waals surface area contributed by atoms with Crippen molar-refractivity contribution in [2.45, 2.75) is 38.5 Å². The van der Waals surface area contributed by atoms with Crippen molar-refractivity contribution in [3.05, 3.63) is 48.5 Å². The highest BCUT2D eigenvalue weighted by Gasteiger charge is 2.15. The molecule has 0 radical (unpaired) electrons. The molecule has 0 N–H and O–H groups in total. The average molecular weight is 320 g/mol. The van der Waals surface area contributed by atoms with Crippen molar-refractivity contribution in [3.8, 4) is 11.1 Å². The average Bonchev–Trinajstić information content (AvgIpc) is 2.69. The van der Waals surface area contributed by atoms with Crippen LogP contribution in [0.2, 0.25) is 0 Å². The van der Waals surface area contributed by atoms with E-state index in [1.165, 1.54) is 87.2 Å². The van der Waals surface area contributed by atoms with Gasteiger partial charge in [-0.05, 0) is 62.3 Å². The summed E-state index contributed by atoms with van der Waals surface area (Å²) in [7, 11) is 0. The Bertz CT molecular complexity index is 650. The SMILES string of the molecule is c1ccc(N2CCCCC2)c(-c2ccc(N3CCCCC3)cc2)c1. The summed E-state index contributed by atoms with van der Waals surface area (Å²) in [6.07, 6.45) is 8.07. The first kappa shape index (κ1) is 15.6. The number of nitrogens with zero attached hydrogens (tertiary/aromatic N) is 2. The number of anilines is 2. The Morgan fingerprint density at radius 2 is 1.12 bits per heavy atom. The van der Waals surface area contributed by atoms with E-state index in [2.05, 4.69) is 58.3 Å². The van der Waals surface area contributed by atoms with Crippen molar-refractivity contribution < 1.29 is 0 Å². The van der Waals surface area contributed by atoms with Gasteiger partial charge in [0.25, 0.3) is 0 Å². The van der Waals surface area contributed by atoms with E-state index >= 15 is 0 Å². The lowest BCUT2D eigenvalue weighted by Gasteiger charge is -2.31. The summed E-state index contributed by atoms with van der Waals surface area (Å²) in [5.41, 5.74) is 5.51. The van der Waals surface area contributed by atoms with Gasteiger partial charge in [0.05, 0.1) is 0 Å². The van der Waals surface area contributed by atoms with Crippen LogP contribution in [0.4, 0.5) is 11.4 Å². The van der Waals surface area contributed by atoms with Crippen LogP contribution in [0.25, 0.3) is 11.1 Å². The third-order valence-corrected chi connectivity index (χ3v) is 5.50. The Balaban J connectivity index is 1.59. The summed E-state index contributed by atoms with van der Waals surface area (Å²) < 4.78 is 0. The maximum Gasteiger partial charge on any atom is 0.0445 e. The Morgan fingerprint density at radius 1 is 0.542 bits per heavy atom. The number of piperidine rings is 2. The third-order valence-electron chi connectivity index (χ3n) is 5.50. The first-order valence-corrected chi connectivity index (χ1v) is 9.61. The highest BCUT2D eigenvalue weighted by molar-refractivity contribution is 5.79. The molecule has 0 spiro atoms. The number of rotatable bonds is 3. The molecule has 0 aromatic heterocycles. The van der Waals surface area contributed by atoms with Crippen LogP contribution in [0.15, 0.2) is 48.5 Å². The first-order valence-electron chi connectivity index (χ1n) is 9.61. The van der Waals surface area contributed by atoms with Gasteiger partial charge in [0, 0.05) is 43.1 Å². The van der Waals surface area contributed by atoms with Gasteiger partial charge < -0.3 is 9.80 Å². The predicted molar refractivity (Wildman–Crippen MR) is 104 cm³/mol. The van der Waals surface area contributed by atoms with E-state index in [4.69, 9.17) is 0 Å². The van der Waals surface area contributed by atoms with Crippen molar-refractivity contribution >= 4 is 11.4 Å². The van der Waals surface area contributed by atoms with E-state index < -0.39 is 0 Å². The number of benzene rings is 2. The molecule has 2 aliphatic heterocycles. The fourth-order valence-electron chi connectivity index (χ4n) is 4.13. The van der Waals surface area contributed by atoms with Gasteiger partial charge in [0.2, 0.25) is 0 Å². The van der Waals surface area contributed by atoms with Crippen molar-refractivity contribution in [2.75, 3.05) is 36.0 Å². The fourth-order valence-corrected chi connectivity index (χ4v) is 4.13. The monoisotopic (exact) mass is 320 g/mol. The van der Waals surface area contributed by atoms with Crippen LogP contribution in [-0.2, 0) is 0 Å². The second-order valence-electron chi connectivity index (χ2n) is 7.16. The van der Waals surface area contributed by atoms with Crippen molar-refractivity contribution in [2.24, 2.45) is 0 Å². The zero-order chi connectivity index (χ0) is 16.2. The highest BCUT2D eigenvalue weighted by Crippen LogP contribution is 2.33. The molecule has 0 bridgehead atoms. The molecule has 0 aliphatic carbocycles. The predicted octanol–water partition coefficient (Wildman–Crippen LogP) is 5.33. The summed E-state index contributed by atoms with van der Waals surface area (Å²) in [6.45, 7) is 4.82. The van der Waals surface area contributed by atoms with Crippen LogP contribution in [0.5, 0.6) is 0 Å². The summed E-state index contributed by atoms with van der Waals surface area (Å²) in [6, 6.07) is 18.2. The van der Waals surface area contributed by atoms with E-state index in [1.807, 2.05) is 0 Å². The minimum absolute atomic E-state index is 1.20. The van der Waals surface area contributed by atoms with Gasteiger partial charge in [-0.3, -0.25) is 0 Å². The first-order chi connectivity index (χ1) is 11.9.